The van der Waals surface area contributed by atoms with Gasteiger partial charge in [-0.15, -0.1) is 0 Å². The van der Waals surface area contributed by atoms with E-state index in [0.29, 0.717) is 12.0 Å². The molecule has 5 heteroatoms. The Morgan fingerprint density at radius 2 is 1.74 bits per heavy atom. The highest BCUT2D eigenvalue weighted by Crippen LogP contribution is 2.45. The van der Waals surface area contributed by atoms with Crippen molar-refractivity contribution < 1.29 is 14.7 Å². The number of benzene rings is 3. The van der Waals surface area contributed by atoms with Gasteiger partial charge >= 0.3 is 5.97 Å². The molecule has 1 unspecified atom stereocenters. The van der Waals surface area contributed by atoms with Crippen LogP contribution in [0.25, 0.3) is 0 Å². The lowest BCUT2D eigenvalue weighted by Crippen LogP contribution is -2.35. The molecular formula is C26H26N2O3. The van der Waals surface area contributed by atoms with Crippen LogP contribution in [0, 0.1) is 5.41 Å². The van der Waals surface area contributed by atoms with Crippen LogP contribution in [0.15, 0.2) is 72.8 Å². The molecule has 1 heterocycles. The summed E-state index contributed by atoms with van der Waals surface area (Å²) in [4.78, 5) is 23.6. The number of anilines is 2. The van der Waals surface area contributed by atoms with Crippen molar-refractivity contribution in [2.24, 2.45) is 5.41 Å². The lowest BCUT2D eigenvalue weighted by molar-refractivity contribution is -0.115. The monoisotopic (exact) mass is 414 g/mol. The molecule has 0 saturated carbocycles. The fourth-order valence-electron chi connectivity index (χ4n) is 4.24. The number of carboxylic acid groups (broad SMARTS) is 1. The standard InChI is InChI=1S/C26H26N2O3/c1-26(2)16-20-15-19(25(30)31)10-13-22(20)28-24(26)18-8-11-21(12-9-18)27-23(29)14-17-6-4-3-5-7-17/h3-13,15,24,28H,14,16H2,1-2H3,(H,27,29)(H,30,31). The maximum Gasteiger partial charge on any atom is 0.335 e. The molecule has 0 bridgehead atoms. The van der Waals surface area contributed by atoms with Crippen molar-refractivity contribution in [1.29, 1.82) is 0 Å². The molecule has 3 aromatic carbocycles. The Morgan fingerprint density at radius 1 is 1.03 bits per heavy atom. The van der Waals surface area contributed by atoms with Gasteiger partial charge in [0.25, 0.3) is 0 Å². The molecule has 1 aliphatic heterocycles. The van der Waals surface area contributed by atoms with Gasteiger partial charge in [0.2, 0.25) is 5.91 Å². The van der Waals surface area contributed by atoms with Gasteiger partial charge in [-0.05, 0) is 58.9 Å². The van der Waals surface area contributed by atoms with E-state index in [1.165, 1.54) is 0 Å². The van der Waals surface area contributed by atoms with E-state index in [-0.39, 0.29) is 17.4 Å². The van der Waals surface area contributed by atoms with Crippen molar-refractivity contribution in [2.45, 2.75) is 32.7 Å². The first-order valence-electron chi connectivity index (χ1n) is 10.4. The molecule has 0 fully saturated rings. The van der Waals surface area contributed by atoms with Gasteiger partial charge in [-0.2, -0.15) is 0 Å². The molecule has 0 radical (unpaired) electrons. The summed E-state index contributed by atoms with van der Waals surface area (Å²) in [5.74, 6) is -0.953. The van der Waals surface area contributed by atoms with E-state index in [9.17, 15) is 14.7 Å². The number of carbonyl (C=O) groups excluding carboxylic acids is 1. The average molecular weight is 415 g/mol. The lowest BCUT2D eigenvalue weighted by Gasteiger charge is -2.41. The second kappa shape index (κ2) is 8.26. The number of carboxylic acids is 1. The zero-order valence-electron chi connectivity index (χ0n) is 17.7. The third-order valence-corrected chi connectivity index (χ3v) is 5.81. The molecule has 5 nitrogen and oxygen atoms in total. The summed E-state index contributed by atoms with van der Waals surface area (Å²) < 4.78 is 0. The quantitative estimate of drug-likeness (QED) is 0.529. The largest absolute Gasteiger partial charge is 0.478 e. The smallest absolute Gasteiger partial charge is 0.335 e. The normalized spacial score (nSPS) is 16.6. The highest BCUT2D eigenvalue weighted by atomic mass is 16.4. The predicted octanol–water partition coefficient (Wildman–Crippen LogP) is 5.30. The van der Waals surface area contributed by atoms with Crippen LogP contribution < -0.4 is 10.6 Å². The van der Waals surface area contributed by atoms with Crippen LogP contribution in [0.5, 0.6) is 0 Å². The van der Waals surface area contributed by atoms with Crippen LogP contribution in [0.2, 0.25) is 0 Å². The third-order valence-electron chi connectivity index (χ3n) is 5.81. The number of hydrogen-bond donors (Lipinski definition) is 3. The van der Waals surface area contributed by atoms with Crippen molar-refractivity contribution in [3.8, 4) is 0 Å². The molecule has 3 N–H and O–H groups in total. The summed E-state index contributed by atoms with van der Waals surface area (Å²) in [6.07, 6.45) is 1.12. The zero-order chi connectivity index (χ0) is 22.0. The second-order valence-electron chi connectivity index (χ2n) is 8.75. The first kappa shape index (κ1) is 20.7. The number of aromatic carboxylic acids is 1. The minimum absolute atomic E-state index is 0.0433. The van der Waals surface area contributed by atoms with Crippen LogP contribution in [-0.4, -0.2) is 17.0 Å². The van der Waals surface area contributed by atoms with Gasteiger partial charge in [-0.25, -0.2) is 4.79 Å². The van der Waals surface area contributed by atoms with E-state index in [1.54, 1.807) is 12.1 Å². The Morgan fingerprint density at radius 3 is 2.42 bits per heavy atom. The van der Waals surface area contributed by atoms with Gasteiger partial charge in [0.05, 0.1) is 18.0 Å². The number of fused-ring (bicyclic) bond motifs is 1. The molecule has 0 saturated heterocycles. The van der Waals surface area contributed by atoms with Gasteiger partial charge < -0.3 is 15.7 Å². The Kier molecular flexibility index (Phi) is 5.51. The van der Waals surface area contributed by atoms with Crippen molar-refractivity contribution in [3.05, 3.63) is 95.1 Å². The van der Waals surface area contributed by atoms with Crippen LogP contribution in [0.3, 0.4) is 0 Å². The molecule has 3 aromatic rings. The highest BCUT2D eigenvalue weighted by molar-refractivity contribution is 5.92. The van der Waals surface area contributed by atoms with Gasteiger partial charge in [0.15, 0.2) is 0 Å². The summed E-state index contributed by atoms with van der Waals surface area (Å²) in [5, 5.41) is 15.8. The predicted molar refractivity (Wildman–Crippen MR) is 122 cm³/mol. The summed E-state index contributed by atoms with van der Waals surface area (Å²) in [6.45, 7) is 4.35. The fourth-order valence-corrected chi connectivity index (χ4v) is 4.24. The van der Waals surface area contributed by atoms with Gasteiger partial charge in [0.1, 0.15) is 0 Å². The molecule has 1 aliphatic rings. The maximum atomic E-state index is 12.3. The summed E-state index contributed by atoms with van der Waals surface area (Å²) in [5.41, 5.74) is 5.06. The molecule has 0 aliphatic carbocycles. The minimum atomic E-state index is -0.910. The molecule has 158 valence electrons. The second-order valence-corrected chi connectivity index (χ2v) is 8.75. The number of nitrogens with one attached hydrogen (secondary N) is 2. The van der Waals surface area contributed by atoms with Crippen molar-refractivity contribution >= 4 is 23.3 Å². The molecule has 4 rings (SSSR count). The van der Waals surface area contributed by atoms with Crippen molar-refractivity contribution in [2.75, 3.05) is 10.6 Å². The first-order chi connectivity index (χ1) is 14.8. The number of rotatable bonds is 5. The molecule has 0 aromatic heterocycles. The lowest BCUT2D eigenvalue weighted by atomic mass is 9.72. The fraction of sp³-hybridized carbons (Fsp3) is 0.231. The molecular weight excluding hydrogens is 388 g/mol. The van der Waals surface area contributed by atoms with Gasteiger partial charge in [-0.1, -0.05) is 56.3 Å². The summed E-state index contributed by atoms with van der Waals surface area (Å²) >= 11 is 0. The minimum Gasteiger partial charge on any atom is -0.478 e. The van der Waals surface area contributed by atoms with E-state index < -0.39 is 5.97 Å². The van der Waals surface area contributed by atoms with Gasteiger partial charge in [0, 0.05) is 11.4 Å². The SMILES string of the molecule is CC1(C)Cc2cc(C(=O)O)ccc2NC1c1ccc(NC(=O)Cc2ccccc2)cc1. The van der Waals surface area contributed by atoms with Crippen LogP contribution in [0.1, 0.15) is 46.9 Å². The Balaban J connectivity index is 1.48. The molecule has 1 amide bonds. The van der Waals surface area contributed by atoms with E-state index in [0.717, 1.165) is 34.5 Å². The Labute approximate surface area is 182 Å². The third kappa shape index (κ3) is 4.61. The zero-order valence-corrected chi connectivity index (χ0v) is 17.7. The molecule has 0 spiro atoms. The first-order valence-corrected chi connectivity index (χ1v) is 10.4. The number of amides is 1. The average Bonchev–Trinajstić information content (AvgIpc) is 2.73. The van der Waals surface area contributed by atoms with Crippen molar-refractivity contribution in [1.82, 2.24) is 0 Å². The Hall–Kier alpha value is -3.60. The molecule has 1 atom stereocenters. The van der Waals surface area contributed by atoms with Crippen molar-refractivity contribution in [3.63, 3.8) is 0 Å². The van der Waals surface area contributed by atoms with Crippen LogP contribution in [0.4, 0.5) is 11.4 Å². The van der Waals surface area contributed by atoms with E-state index >= 15 is 0 Å². The maximum absolute atomic E-state index is 12.3. The summed E-state index contributed by atoms with van der Waals surface area (Å²) in [6, 6.07) is 22.9. The topological polar surface area (TPSA) is 78.4 Å². The molecule has 31 heavy (non-hydrogen) atoms. The highest BCUT2D eigenvalue weighted by Gasteiger charge is 2.36. The van der Waals surface area contributed by atoms with Gasteiger partial charge in [-0.3, -0.25) is 4.79 Å². The summed E-state index contributed by atoms with van der Waals surface area (Å²) in [7, 11) is 0. The van der Waals surface area contributed by atoms with E-state index in [1.807, 2.05) is 60.7 Å². The van der Waals surface area contributed by atoms with Crippen LogP contribution >= 0.6 is 0 Å². The van der Waals surface area contributed by atoms with E-state index in [2.05, 4.69) is 24.5 Å². The van der Waals surface area contributed by atoms with E-state index in [4.69, 9.17) is 0 Å². The Bertz CT molecular complexity index is 1110. The number of carbonyl (C=O) groups is 2. The van der Waals surface area contributed by atoms with Crippen LogP contribution in [-0.2, 0) is 17.6 Å². The number of hydrogen-bond acceptors (Lipinski definition) is 3.